The zero-order chi connectivity index (χ0) is 15.1. The quantitative estimate of drug-likeness (QED) is 0.592. The maximum Gasteiger partial charge on any atom is 0.215 e. The van der Waals surface area contributed by atoms with E-state index in [1.165, 1.54) is 19.3 Å². The van der Waals surface area contributed by atoms with Crippen LogP contribution in [0.3, 0.4) is 0 Å². The van der Waals surface area contributed by atoms with E-state index < -0.39 is 10.0 Å². The van der Waals surface area contributed by atoms with Crippen molar-refractivity contribution in [2.45, 2.75) is 31.4 Å². The second-order valence-corrected chi connectivity index (χ2v) is 7.41. The van der Waals surface area contributed by atoms with Gasteiger partial charge >= 0.3 is 0 Å². The number of nitrogen functional groups attached to an aromatic ring is 1. The summed E-state index contributed by atoms with van der Waals surface area (Å²) >= 11 is 0. The number of hydrogen-bond acceptors (Lipinski definition) is 4. The van der Waals surface area contributed by atoms with Gasteiger partial charge in [0.05, 0.1) is 5.75 Å². The Hall–Kier alpha value is -1.11. The molecule has 1 fully saturated rings. The molecule has 1 aromatic rings. The molecule has 1 heterocycles. The van der Waals surface area contributed by atoms with Crippen molar-refractivity contribution in [1.29, 1.82) is 0 Å². The number of nitrogens with one attached hydrogen (secondary N) is 1. The molecule has 1 aliphatic heterocycles. The molecule has 1 aliphatic rings. The van der Waals surface area contributed by atoms with Crippen LogP contribution in [-0.4, -0.2) is 39.5 Å². The Morgan fingerprint density at radius 3 is 2.57 bits per heavy atom. The van der Waals surface area contributed by atoms with Crippen molar-refractivity contribution in [3.63, 3.8) is 0 Å². The van der Waals surface area contributed by atoms with Crippen LogP contribution in [0.25, 0.3) is 0 Å². The third-order valence-corrected chi connectivity index (χ3v) is 5.16. The molecule has 0 spiro atoms. The Balaban J connectivity index is 1.72. The molecule has 118 valence electrons. The SMILES string of the molecule is Nc1ccccc1CS(=O)(=O)NCCCN1CCCCC1. The number of nitrogens with zero attached hydrogens (tertiary/aromatic N) is 1. The van der Waals surface area contributed by atoms with E-state index in [9.17, 15) is 8.42 Å². The van der Waals surface area contributed by atoms with Crippen molar-refractivity contribution in [2.24, 2.45) is 0 Å². The van der Waals surface area contributed by atoms with Crippen LogP contribution in [0, 0.1) is 0 Å². The molecule has 1 aromatic carbocycles. The second kappa shape index (κ2) is 7.77. The Labute approximate surface area is 127 Å². The van der Waals surface area contributed by atoms with E-state index in [1.807, 2.05) is 0 Å². The number of rotatable bonds is 7. The second-order valence-electron chi connectivity index (χ2n) is 5.61. The van der Waals surface area contributed by atoms with Gasteiger partial charge in [0.15, 0.2) is 0 Å². The number of para-hydroxylation sites is 1. The van der Waals surface area contributed by atoms with Crippen molar-refractivity contribution in [1.82, 2.24) is 9.62 Å². The fraction of sp³-hybridized carbons (Fsp3) is 0.600. The Kier molecular flexibility index (Phi) is 6.02. The van der Waals surface area contributed by atoms with Gasteiger partial charge in [0.2, 0.25) is 10.0 Å². The lowest BCUT2D eigenvalue weighted by molar-refractivity contribution is 0.227. The standard InChI is InChI=1S/C15H25N3O2S/c16-15-8-3-2-7-14(15)13-21(19,20)17-9-6-12-18-10-4-1-5-11-18/h2-3,7-8,17H,1,4-6,9-13,16H2. The maximum atomic E-state index is 12.0. The van der Waals surface area contributed by atoms with E-state index in [2.05, 4.69) is 9.62 Å². The number of nitrogens with two attached hydrogens (primary N) is 1. The largest absolute Gasteiger partial charge is 0.398 e. The number of hydrogen-bond donors (Lipinski definition) is 2. The average molecular weight is 311 g/mol. The van der Waals surface area contributed by atoms with Gasteiger partial charge in [-0.25, -0.2) is 13.1 Å². The molecule has 0 amide bonds. The molecule has 0 atom stereocenters. The summed E-state index contributed by atoms with van der Waals surface area (Å²) in [6.07, 6.45) is 4.70. The third kappa shape index (κ3) is 5.65. The summed E-state index contributed by atoms with van der Waals surface area (Å²) in [5.74, 6) is -0.0522. The van der Waals surface area contributed by atoms with Gasteiger partial charge in [0, 0.05) is 12.2 Å². The van der Waals surface area contributed by atoms with Crippen molar-refractivity contribution in [3.05, 3.63) is 29.8 Å². The molecule has 3 N–H and O–H groups in total. The molecule has 0 unspecified atom stereocenters. The monoisotopic (exact) mass is 311 g/mol. The zero-order valence-electron chi connectivity index (χ0n) is 12.4. The van der Waals surface area contributed by atoms with Gasteiger partial charge in [-0.05, 0) is 50.5 Å². The molecular formula is C15H25N3O2S. The summed E-state index contributed by atoms with van der Waals surface area (Å²) in [6, 6.07) is 7.08. The van der Waals surface area contributed by atoms with Gasteiger partial charge in [-0.1, -0.05) is 24.6 Å². The maximum absolute atomic E-state index is 12.0. The summed E-state index contributed by atoms with van der Waals surface area (Å²) < 4.78 is 26.7. The van der Waals surface area contributed by atoms with Crippen LogP contribution in [0.5, 0.6) is 0 Å². The minimum absolute atomic E-state index is 0.0522. The van der Waals surface area contributed by atoms with Crippen molar-refractivity contribution in [2.75, 3.05) is 31.9 Å². The number of sulfonamides is 1. The fourth-order valence-corrected chi connectivity index (χ4v) is 3.86. The van der Waals surface area contributed by atoms with Crippen molar-refractivity contribution >= 4 is 15.7 Å². The Morgan fingerprint density at radius 1 is 1.14 bits per heavy atom. The summed E-state index contributed by atoms with van der Waals surface area (Å²) in [5.41, 5.74) is 6.96. The summed E-state index contributed by atoms with van der Waals surface area (Å²) in [4.78, 5) is 2.41. The lowest BCUT2D eigenvalue weighted by Crippen LogP contribution is -2.33. The predicted octanol–water partition coefficient (Wildman–Crippen LogP) is 1.56. The minimum Gasteiger partial charge on any atom is -0.398 e. The van der Waals surface area contributed by atoms with Crippen LogP contribution in [0.1, 0.15) is 31.2 Å². The van der Waals surface area contributed by atoms with Crippen LogP contribution in [-0.2, 0) is 15.8 Å². The topological polar surface area (TPSA) is 75.4 Å². The molecule has 0 aliphatic carbocycles. The van der Waals surface area contributed by atoms with Crippen LogP contribution in [0.4, 0.5) is 5.69 Å². The summed E-state index contributed by atoms with van der Waals surface area (Å²) in [7, 11) is -3.31. The minimum atomic E-state index is -3.31. The average Bonchev–Trinajstić information content (AvgIpc) is 2.47. The molecule has 6 heteroatoms. The third-order valence-electron chi connectivity index (χ3n) is 3.82. The highest BCUT2D eigenvalue weighted by atomic mass is 32.2. The predicted molar refractivity (Wildman–Crippen MR) is 86.4 cm³/mol. The van der Waals surface area contributed by atoms with Crippen LogP contribution < -0.4 is 10.5 Å². The van der Waals surface area contributed by atoms with Gasteiger partial charge in [-0.15, -0.1) is 0 Å². The highest BCUT2D eigenvalue weighted by molar-refractivity contribution is 7.88. The van der Waals surface area contributed by atoms with E-state index >= 15 is 0 Å². The summed E-state index contributed by atoms with van der Waals surface area (Å²) in [6.45, 7) is 3.75. The first-order valence-corrected chi connectivity index (χ1v) is 9.25. The van der Waals surface area contributed by atoms with Gasteiger partial charge < -0.3 is 10.6 Å². The Bertz CT molecular complexity index is 540. The number of piperidine rings is 1. The molecular weight excluding hydrogens is 286 g/mol. The van der Waals surface area contributed by atoms with Gasteiger partial charge in [0.25, 0.3) is 0 Å². The summed E-state index contributed by atoms with van der Waals surface area (Å²) in [5, 5.41) is 0. The number of likely N-dealkylation sites (tertiary alicyclic amines) is 1. The van der Waals surface area contributed by atoms with E-state index in [4.69, 9.17) is 5.73 Å². The molecule has 0 saturated carbocycles. The van der Waals surface area contributed by atoms with Crippen LogP contribution in [0.15, 0.2) is 24.3 Å². The zero-order valence-corrected chi connectivity index (χ0v) is 13.2. The first kappa shape index (κ1) is 16.3. The van der Waals surface area contributed by atoms with E-state index in [0.29, 0.717) is 17.8 Å². The van der Waals surface area contributed by atoms with E-state index in [1.54, 1.807) is 24.3 Å². The molecule has 0 aromatic heterocycles. The van der Waals surface area contributed by atoms with Crippen LogP contribution >= 0.6 is 0 Å². The lowest BCUT2D eigenvalue weighted by Gasteiger charge is -2.26. The normalized spacial score (nSPS) is 17.0. The van der Waals surface area contributed by atoms with Crippen molar-refractivity contribution < 1.29 is 8.42 Å². The smallest absolute Gasteiger partial charge is 0.215 e. The van der Waals surface area contributed by atoms with Crippen LogP contribution in [0.2, 0.25) is 0 Å². The molecule has 0 bridgehead atoms. The molecule has 21 heavy (non-hydrogen) atoms. The Morgan fingerprint density at radius 2 is 1.86 bits per heavy atom. The first-order chi connectivity index (χ1) is 10.1. The van der Waals surface area contributed by atoms with Gasteiger partial charge in [-0.2, -0.15) is 0 Å². The first-order valence-electron chi connectivity index (χ1n) is 7.60. The van der Waals surface area contributed by atoms with E-state index in [0.717, 1.165) is 26.1 Å². The van der Waals surface area contributed by atoms with Gasteiger partial charge in [-0.3, -0.25) is 0 Å². The lowest BCUT2D eigenvalue weighted by atomic mass is 10.1. The highest BCUT2D eigenvalue weighted by Crippen LogP contribution is 2.13. The fourth-order valence-electron chi connectivity index (χ4n) is 2.63. The number of benzene rings is 1. The molecule has 1 saturated heterocycles. The highest BCUT2D eigenvalue weighted by Gasteiger charge is 2.13. The molecule has 5 nitrogen and oxygen atoms in total. The van der Waals surface area contributed by atoms with E-state index in [-0.39, 0.29) is 5.75 Å². The van der Waals surface area contributed by atoms with Gasteiger partial charge in [0.1, 0.15) is 0 Å². The van der Waals surface area contributed by atoms with Crippen molar-refractivity contribution in [3.8, 4) is 0 Å². The molecule has 0 radical (unpaired) electrons. The molecule has 2 rings (SSSR count). The number of anilines is 1.